The van der Waals surface area contributed by atoms with Crippen molar-refractivity contribution < 1.29 is 9.18 Å². The molecule has 0 aliphatic carbocycles. The van der Waals surface area contributed by atoms with Gasteiger partial charge in [0.25, 0.3) is 5.91 Å². The first-order valence-electron chi connectivity index (χ1n) is 8.11. The maximum absolute atomic E-state index is 13.4. The molecule has 0 atom stereocenters. The molecule has 0 spiro atoms. The van der Waals surface area contributed by atoms with E-state index in [0.717, 1.165) is 22.5 Å². The molecule has 3 aromatic rings. The molecular formula is C20H20FN3O. The summed E-state index contributed by atoms with van der Waals surface area (Å²) in [6, 6.07) is 13.9. The lowest BCUT2D eigenvalue weighted by Crippen LogP contribution is -2.14. The molecule has 0 bridgehead atoms. The highest BCUT2D eigenvalue weighted by Gasteiger charge is 2.16. The number of carbonyl (C=O) groups excluding carboxylic acids is 1. The SMILES string of the molecule is Cc1ccccc1C(=O)Nc1c(C)nn(Cc2cccc(F)c2)c1C. The largest absolute Gasteiger partial charge is 0.319 e. The van der Waals surface area contributed by atoms with Gasteiger partial charge in [-0.15, -0.1) is 0 Å². The molecule has 1 heterocycles. The van der Waals surface area contributed by atoms with Gasteiger partial charge in [0.05, 0.1) is 23.6 Å². The third-order valence-corrected chi connectivity index (χ3v) is 4.23. The highest BCUT2D eigenvalue weighted by atomic mass is 19.1. The van der Waals surface area contributed by atoms with Gasteiger partial charge in [-0.25, -0.2) is 4.39 Å². The Morgan fingerprint density at radius 3 is 2.60 bits per heavy atom. The molecule has 0 unspecified atom stereocenters. The zero-order valence-corrected chi connectivity index (χ0v) is 14.5. The second-order valence-electron chi connectivity index (χ2n) is 6.10. The summed E-state index contributed by atoms with van der Waals surface area (Å²) < 4.78 is 15.1. The summed E-state index contributed by atoms with van der Waals surface area (Å²) in [6.45, 7) is 6.10. The van der Waals surface area contributed by atoms with Gasteiger partial charge in [0, 0.05) is 5.56 Å². The third-order valence-electron chi connectivity index (χ3n) is 4.23. The lowest BCUT2D eigenvalue weighted by molar-refractivity contribution is 0.102. The monoisotopic (exact) mass is 337 g/mol. The third kappa shape index (κ3) is 3.60. The Bertz CT molecular complexity index is 930. The van der Waals surface area contributed by atoms with E-state index in [1.54, 1.807) is 16.8 Å². The van der Waals surface area contributed by atoms with Gasteiger partial charge in [0.15, 0.2) is 0 Å². The van der Waals surface area contributed by atoms with E-state index in [9.17, 15) is 9.18 Å². The Kier molecular flexibility index (Phi) is 4.65. The topological polar surface area (TPSA) is 46.9 Å². The summed E-state index contributed by atoms with van der Waals surface area (Å²) in [6.07, 6.45) is 0. The van der Waals surface area contributed by atoms with E-state index in [0.29, 0.717) is 17.8 Å². The van der Waals surface area contributed by atoms with Gasteiger partial charge in [-0.05, 0) is 50.1 Å². The van der Waals surface area contributed by atoms with Crippen molar-refractivity contribution >= 4 is 11.6 Å². The van der Waals surface area contributed by atoms with E-state index in [4.69, 9.17) is 0 Å². The maximum atomic E-state index is 13.4. The normalized spacial score (nSPS) is 10.7. The van der Waals surface area contributed by atoms with Gasteiger partial charge < -0.3 is 5.32 Å². The number of anilines is 1. The van der Waals surface area contributed by atoms with E-state index >= 15 is 0 Å². The molecular weight excluding hydrogens is 317 g/mol. The summed E-state index contributed by atoms with van der Waals surface area (Å²) >= 11 is 0. The Balaban J connectivity index is 1.85. The smallest absolute Gasteiger partial charge is 0.256 e. The zero-order valence-electron chi connectivity index (χ0n) is 14.5. The van der Waals surface area contributed by atoms with Gasteiger partial charge in [-0.1, -0.05) is 30.3 Å². The van der Waals surface area contributed by atoms with Crippen LogP contribution in [-0.2, 0) is 6.54 Å². The van der Waals surface area contributed by atoms with Crippen LogP contribution in [0.4, 0.5) is 10.1 Å². The van der Waals surface area contributed by atoms with Crippen molar-refractivity contribution in [2.24, 2.45) is 0 Å². The number of hydrogen-bond donors (Lipinski definition) is 1. The van der Waals surface area contributed by atoms with Crippen molar-refractivity contribution in [3.05, 3.63) is 82.4 Å². The van der Waals surface area contributed by atoms with Gasteiger partial charge in [0.1, 0.15) is 5.82 Å². The summed E-state index contributed by atoms with van der Waals surface area (Å²) in [5.41, 5.74) is 4.65. The number of nitrogens with one attached hydrogen (secondary N) is 1. The van der Waals surface area contributed by atoms with Crippen LogP contribution < -0.4 is 5.32 Å². The van der Waals surface area contributed by atoms with E-state index < -0.39 is 0 Å². The standard InChI is InChI=1S/C20H20FN3O/c1-13-7-4-5-10-18(13)20(25)22-19-14(2)23-24(15(19)3)12-16-8-6-9-17(21)11-16/h4-11H,12H2,1-3H3,(H,22,25). The number of benzene rings is 2. The number of hydrogen-bond acceptors (Lipinski definition) is 2. The summed E-state index contributed by atoms with van der Waals surface area (Å²) in [7, 11) is 0. The van der Waals surface area contributed by atoms with Crippen LogP contribution in [-0.4, -0.2) is 15.7 Å². The van der Waals surface area contributed by atoms with Crippen LogP contribution in [0.15, 0.2) is 48.5 Å². The second-order valence-corrected chi connectivity index (χ2v) is 6.10. The van der Waals surface area contributed by atoms with Gasteiger partial charge in [-0.2, -0.15) is 5.10 Å². The molecule has 4 nitrogen and oxygen atoms in total. The summed E-state index contributed by atoms with van der Waals surface area (Å²) in [5.74, 6) is -0.429. The molecule has 1 amide bonds. The number of halogens is 1. The zero-order chi connectivity index (χ0) is 18.0. The summed E-state index contributed by atoms with van der Waals surface area (Å²) in [4.78, 5) is 12.6. The van der Waals surface area contributed by atoms with Gasteiger partial charge in [0.2, 0.25) is 0 Å². The molecule has 2 aromatic carbocycles. The van der Waals surface area contributed by atoms with E-state index in [1.165, 1.54) is 12.1 Å². The number of aromatic nitrogens is 2. The van der Waals surface area contributed by atoms with Gasteiger partial charge >= 0.3 is 0 Å². The van der Waals surface area contributed by atoms with E-state index in [1.807, 2.05) is 45.0 Å². The molecule has 0 saturated heterocycles. The first-order valence-corrected chi connectivity index (χ1v) is 8.11. The van der Waals surface area contributed by atoms with Crippen LogP contribution in [0.5, 0.6) is 0 Å². The molecule has 5 heteroatoms. The maximum Gasteiger partial charge on any atom is 0.256 e. The Labute approximate surface area is 146 Å². The number of nitrogens with zero attached hydrogens (tertiary/aromatic N) is 2. The van der Waals surface area contributed by atoms with Crippen LogP contribution in [0.25, 0.3) is 0 Å². The van der Waals surface area contributed by atoms with Crippen molar-refractivity contribution in [3.8, 4) is 0 Å². The number of carbonyl (C=O) groups is 1. The molecule has 0 aliphatic rings. The average Bonchev–Trinajstić information content (AvgIpc) is 2.83. The minimum absolute atomic E-state index is 0.158. The van der Waals surface area contributed by atoms with Crippen LogP contribution in [0.2, 0.25) is 0 Å². The fraction of sp³-hybridized carbons (Fsp3) is 0.200. The molecule has 25 heavy (non-hydrogen) atoms. The Hall–Kier alpha value is -2.95. The van der Waals surface area contributed by atoms with E-state index in [2.05, 4.69) is 10.4 Å². The number of amides is 1. The molecule has 1 aromatic heterocycles. The van der Waals surface area contributed by atoms with Crippen molar-refractivity contribution in [1.82, 2.24) is 9.78 Å². The van der Waals surface area contributed by atoms with Crippen LogP contribution >= 0.6 is 0 Å². The molecule has 3 rings (SSSR count). The van der Waals surface area contributed by atoms with Crippen LogP contribution in [0, 0.1) is 26.6 Å². The quantitative estimate of drug-likeness (QED) is 0.774. The van der Waals surface area contributed by atoms with Crippen LogP contribution in [0.3, 0.4) is 0 Å². The van der Waals surface area contributed by atoms with E-state index in [-0.39, 0.29) is 11.7 Å². The molecule has 0 aliphatic heterocycles. The Morgan fingerprint density at radius 2 is 1.88 bits per heavy atom. The van der Waals surface area contributed by atoms with Crippen molar-refractivity contribution in [1.29, 1.82) is 0 Å². The highest BCUT2D eigenvalue weighted by molar-refractivity contribution is 6.05. The number of aryl methyl sites for hydroxylation is 2. The Morgan fingerprint density at radius 1 is 1.12 bits per heavy atom. The molecule has 0 fully saturated rings. The average molecular weight is 337 g/mol. The molecule has 0 saturated carbocycles. The highest BCUT2D eigenvalue weighted by Crippen LogP contribution is 2.22. The lowest BCUT2D eigenvalue weighted by Gasteiger charge is -2.09. The van der Waals surface area contributed by atoms with Gasteiger partial charge in [-0.3, -0.25) is 9.48 Å². The minimum atomic E-state index is -0.271. The predicted octanol–water partition coefficient (Wildman–Crippen LogP) is 4.25. The lowest BCUT2D eigenvalue weighted by atomic mass is 10.1. The van der Waals surface area contributed by atoms with Crippen molar-refractivity contribution in [2.45, 2.75) is 27.3 Å². The van der Waals surface area contributed by atoms with Crippen molar-refractivity contribution in [2.75, 3.05) is 5.32 Å². The fourth-order valence-corrected chi connectivity index (χ4v) is 2.85. The van der Waals surface area contributed by atoms with Crippen LogP contribution in [0.1, 0.15) is 32.9 Å². The molecule has 1 N–H and O–H groups in total. The molecule has 0 radical (unpaired) electrons. The van der Waals surface area contributed by atoms with Crippen molar-refractivity contribution in [3.63, 3.8) is 0 Å². The minimum Gasteiger partial charge on any atom is -0.319 e. The summed E-state index contributed by atoms with van der Waals surface area (Å²) in [5, 5.41) is 7.44. The number of rotatable bonds is 4. The molecule has 128 valence electrons. The first kappa shape index (κ1) is 16.9. The second kappa shape index (κ2) is 6.89. The fourth-order valence-electron chi connectivity index (χ4n) is 2.85. The first-order chi connectivity index (χ1) is 12.0. The predicted molar refractivity (Wildman–Crippen MR) is 96.3 cm³/mol.